The number of fused-ring (bicyclic) bond motifs is 1. The molecule has 2 saturated heterocycles. The van der Waals surface area contributed by atoms with E-state index in [9.17, 15) is 24.3 Å². The number of aliphatic hydroxyl groups is 1. The quantitative estimate of drug-likeness (QED) is 0.0737. The number of carbonyl (C=O) groups excluding carboxylic acids is 4. The molecule has 3 fully saturated rings. The van der Waals surface area contributed by atoms with Crippen molar-refractivity contribution in [1.29, 1.82) is 0 Å². The number of carbonyl (C=O) groups is 4. The molecular weight excluding hydrogens is 901 g/mol. The number of ether oxygens (including phenoxy) is 1. The second-order valence-electron chi connectivity index (χ2n) is 19.3. The van der Waals surface area contributed by atoms with E-state index < -0.39 is 29.7 Å². The number of nitrogens with zero attached hydrogens (tertiary/aromatic N) is 6. The maximum atomic E-state index is 14.2. The number of benzene rings is 2. The molecule has 3 atom stereocenters. The summed E-state index contributed by atoms with van der Waals surface area (Å²) < 4.78 is 6.72. The number of piperazine rings is 1. The molecule has 2 aromatic carbocycles. The Morgan fingerprint density at radius 3 is 2.35 bits per heavy atom. The summed E-state index contributed by atoms with van der Waals surface area (Å²) in [6.45, 7) is 14.5. The van der Waals surface area contributed by atoms with Gasteiger partial charge in [0.25, 0.3) is 0 Å². The van der Waals surface area contributed by atoms with Gasteiger partial charge in [0.2, 0.25) is 17.7 Å². The number of hydrogen-bond acceptors (Lipinski definition) is 14. The molecule has 0 unspecified atom stereocenters. The molecule has 5 aromatic rings. The standard InChI is InChI=1S/C50H64N10O6S2/c1-31-40(56-49(65)66-38-9-7-6-8-10-38)23-36(27-52-31)35-15-16-39-42(24-35)68-48(55-39)51-17-18-58-19-21-59(22-20-58)29-43(62)57-45(50(3,4)5)47(64)60-28-37(61)25-41(60)46(63)53-26-33-11-13-34(14-12-33)44-32(2)54-30-67-44/h11-16,23-24,27,30,37-38,41,45,61H,6-10,17-22,25-26,28-29H2,1-5H3,(H,51,55)(H,53,63)(H,56,65)(H,57,62)/t37-,41+,45-/m1/s1. The fraction of sp³-hybridized carbons (Fsp3) is 0.500. The predicted molar refractivity (Wildman–Crippen MR) is 268 cm³/mol. The Hall–Kier alpha value is -5.53. The summed E-state index contributed by atoms with van der Waals surface area (Å²) in [4.78, 5) is 74.6. The average Bonchev–Trinajstić information content (AvgIpc) is 4.06. The van der Waals surface area contributed by atoms with Crippen molar-refractivity contribution in [2.24, 2.45) is 5.41 Å². The summed E-state index contributed by atoms with van der Waals surface area (Å²) >= 11 is 3.18. The second kappa shape index (κ2) is 21.8. The molecule has 362 valence electrons. The van der Waals surface area contributed by atoms with Crippen LogP contribution in [0.15, 0.2) is 60.2 Å². The number of rotatable bonds is 15. The first-order valence-electron chi connectivity index (χ1n) is 23.8. The number of likely N-dealkylation sites (tertiary alicyclic amines) is 1. The second-order valence-corrected chi connectivity index (χ2v) is 21.2. The van der Waals surface area contributed by atoms with Gasteiger partial charge >= 0.3 is 6.09 Å². The summed E-state index contributed by atoms with van der Waals surface area (Å²) in [7, 11) is 0. The highest BCUT2D eigenvalue weighted by atomic mass is 32.1. The summed E-state index contributed by atoms with van der Waals surface area (Å²) in [6.07, 6.45) is 5.83. The number of anilines is 2. The molecule has 18 heteroatoms. The molecule has 5 N–H and O–H groups in total. The maximum Gasteiger partial charge on any atom is 0.411 e. The SMILES string of the molecule is Cc1ncc(-c2ccc3nc(NCCN4CCN(CC(=O)N[C@H](C(=O)N5C[C@H](O)C[C@H]5C(=O)NCc5ccc(-c6scnc6C)cc5)C(C)(C)C)CC4)sc3c2)cc1NC(=O)OC1CCCCC1. The topological polar surface area (TPSA) is 194 Å². The van der Waals surface area contributed by atoms with Crippen molar-refractivity contribution in [2.45, 2.75) is 104 Å². The van der Waals surface area contributed by atoms with Crippen LogP contribution in [-0.4, -0.2) is 135 Å². The van der Waals surface area contributed by atoms with Gasteiger partial charge in [-0.1, -0.05) is 68.9 Å². The minimum atomic E-state index is -0.891. The highest BCUT2D eigenvalue weighted by Crippen LogP contribution is 2.33. The maximum absolute atomic E-state index is 14.2. The summed E-state index contributed by atoms with van der Waals surface area (Å²) in [5.41, 5.74) is 8.25. The highest BCUT2D eigenvalue weighted by molar-refractivity contribution is 7.22. The van der Waals surface area contributed by atoms with Crippen LogP contribution < -0.4 is 21.3 Å². The number of aromatic nitrogens is 3. The van der Waals surface area contributed by atoms with Crippen LogP contribution in [0.25, 0.3) is 31.8 Å². The van der Waals surface area contributed by atoms with Crippen molar-refractivity contribution in [3.63, 3.8) is 0 Å². The Kier molecular flexibility index (Phi) is 15.7. The molecular formula is C50H64N10O6S2. The third-order valence-corrected chi connectivity index (χ3v) is 15.1. The third-order valence-electron chi connectivity index (χ3n) is 13.1. The fourth-order valence-electron chi connectivity index (χ4n) is 9.15. The van der Waals surface area contributed by atoms with Gasteiger partial charge in [0, 0.05) is 70.5 Å². The normalized spacial score (nSPS) is 18.9. The van der Waals surface area contributed by atoms with E-state index in [1.807, 2.05) is 88.8 Å². The van der Waals surface area contributed by atoms with Crippen molar-refractivity contribution in [2.75, 3.05) is 63.0 Å². The lowest BCUT2D eigenvalue weighted by atomic mass is 9.85. The number of amides is 4. The van der Waals surface area contributed by atoms with E-state index in [4.69, 9.17) is 9.72 Å². The van der Waals surface area contributed by atoms with Crippen LogP contribution in [0.5, 0.6) is 0 Å². The zero-order chi connectivity index (χ0) is 48.0. The number of thiazole rings is 2. The minimum absolute atomic E-state index is 0.0194. The summed E-state index contributed by atoms with van der Waals surface area (Å²) in [6, 6.07) is 14.3. The van der Waals surface area contributed by atoms with E-state index in [0.717, 1.165) is 99.2 Å². The molecule has 1 saturated carbocycles. The van der Waals surface area contributed by atoms with E-state index in [1.165, 1.54) is 11.3 Å². The first-order valence-corrected chi connectivity index (χ1v) is 25.5. The largest absolute Gasteiger partial charge is 0.446 e. The number of aryl methyl sites for hydroxylation is 2. The van der Waals surface area contributed by atoms with Gasteiger partial charge < -0.3 is 30.7 Å². The van der Waals surface area contributed by atoms with Gasteiger partial charge in [-0.25, -0.2) is 14.8 Å². The first kappa shape index (κ1) is 48.9. The van der Waals surface area contributed by atoms with Gasteiger partial charge in [0.15, 0.2) is 5.13 Å². The van der Waals surface area contributed by atoms with Crippen LogP contribution in [0.1, 0.15) is 76.2 Å². The number of β-amino-alcohol motifs (C(OH)–C–C–N with tert-alkyl or cyclic N) is 1. The molecule has 0 radical (unpaired) electrons. The molecule has 2 aliphatic heterocycles. The lowest BCUT2D eigenvalue weighted by Gasteiger charge is -2.37. The molecule has 3 aromatic heterocycles. The van der Waals surface area contributed by atoms with Gasteiger partial charge in [-0.05, 0) is 79.8 Å². The van der Waals surface area contributed by atoms with Crippen LogP contribution in [-0.2, 0) is 25.7 Å². The summed E-state index contributed by atoms with van der Waals surface area (Å²) in [5.74, 6) is -0.970. The zero-order valence-corrected chi connectivity index (χ0v) is 41.3. The Morgan fingerprint density at radius 2 is 1.63 bits per heavy atom. The van der Waals surface area contributed by atoms with Crippen molar-refractivity contribution in [3.8, 4) is 21.6 Å². The van der Waals surface area contributed by atoms with E-state index >= 15 is 0 Å². The zero-order valence-electron chi connectivity index (χ0n) is 39.7. The van der Waals surface area contributed by atoms with Crippen LogP contribution in [0.2, 0.25) is 0 Å². The van der Waals surface area contributed by atoms with E-state index in [-0.39, 0.29) is 49.9 Å². The fourth-order valence-corrected chi connectivity index (χ4v) is 10.9. The smallest absolute Gasteiger partial charge is 0.411 e. The Bertz CT molecular complexity index is 2560. The lowest BCUT2D eigenvalue weighted by Crippen LogP contribution is -2.59. The molecule has 4 amide bonds. The molecule has 3 aliphatic rings. The molecule has 16 nitrogen and oxygen atoms in total. The van der Waals surface area contributed by atoms with Crippen LogP contribution in [0.3, 0.4) is 0 Å². The monoisotopic (exact) mass is 964 g/mol. The van der Waals surface area contributed by atoms with E-state index in [1.54, 1.807) is 22.7 Å². The summed E-state index contributed by atoms with van der Waals surface area (Å²) in [5, 5.41) is 23.9. The molecule has 1 aliphatic carbocycles. The molecule has 68 heavy (non-hydrogen) atoms. The van der Waals surface area contributed by atoms with Crippen LogP contribution >= 0.6 is 22.7 Å². The van der Waals surface area contributed by atoms with Gasteiger partial charge in [-0.2, -0.15) is 0 Å². The van der Waals surface area contributed by atoms with Crippen molar-refractivity contribution < 1.29 is 29.0 Å². The lowest BCUT2D eigenvalue weighted by molar-refractivity contribution is -0.144. The Morgan fingerprint density at radius 1 is 0.897 bits per heavy atom. The van der Waals surface area contributed by atoms with Gasteiger partial charge in [0.05, 0.1) is 50.3 Å². The molecule has 5 heterocycles. The van der Waals surface area contributed by atoms with E-state index in [2.05, 4.69) is 47.1 Å². The Balaban J connectivity index is 0.777. The van der Waals surface area contributed by atoms with Gasteiger partial charge in [0.1, 0.15) is 18.2 Å². The van der Waals surface area contributed by atoms with Crippen molar-refractivity contribution >= 4 is 67.5 Å². The predicted octanol–water partition coefficient (Wildman–Crippen LogP) is 6.82. The third kappa shape index (κ3) is 12.4. The number of aliphatic hydroxyl groups excluding tert-OH is 1. The number of nitrogens with one attached hydrogen (secondary N) is 4. The molecule has 0 bridgehead atoms. The molecule has 8 rings (SSSR count). The van der Waals surface area contributed by atoms with Crippen LogP contribution in [0, 0.1) is 19.3 Å². The van der Waals surface area contributed by atoms with E-state index in [0.29, 0.717) is 25.3 Å². The Labute approximate surface area is 406 Å². The van der Waals surface area contributed by atoms with Crippen LogP contribution in [0.4, 0.5) is 15.6 Å². The average molecular weight is 965 g/mol. The van der Waals surface area contributed by atoms with Gasteiger partial charge in [-0.15, -0.1) is 11.3 Å². The number of hydrogen-bond donors (Lipinski definition) is 5. The van der Waals surface area contributed by atoms with Crippen molar-refractivity contribution in [3.05, 3.63) is 77.2 Å². The first-order chi connectivity index (χ1) is 32.7. The molecule has 0 spiro atoms. The number of pyridine rings is 1. The highest BCUT2D eigenvalue weighted by Gasteiger charge is 2.44. The minimum Gasteiger partial charge on any atom is -0.446 e. The van der Waals surface area contributed by atoms with Gasteiger partial charge in [-0.3, -0.25) is 34.5 Å². The van der Waals surface area contributed by atoms with Crippen molar-refractivity contribution in [1.82, 2.24) is 40.3 Å².